The predicted molar refractivity (Wildman–Crippen MR) is 132 cm³/mol. The second-order valence-corrected chi connectivity index (χ2v) is 9.34. The highest BCUT2D eigenvalue weighted by Crippen LogP contribution is 2.30. The molecule has 1 unspecified atom stereocenters. The second-order valence-electron chi connectivity index (χ2n) is 8.93. The zero-order valence-corrected chi connectivity index (χ0v) is 20.1. The summed E-state index contributed by atoms with van der Waals surface area (Å²) in [6.45, 7) is 0.510. The third-order valence-electron chi connectivity index (χ3n) is 6.66. The van der Waals surface area contributed by atoms with E-state index in [4.69, 9.17) is 17.3 Å². The molecule has 36 heavy (non-hydrogen) atoms. The fourth-order valence-electron chi connectivity index (χ4n) is 4.74. The first-order chi connectivity index (χ1) is 17.2. The van der Waals surface area contributed by atoms with Gasteiger partial charge in [-0.25, -0.2) is 8.78 Å². The maximum Gasteiger partial charge on any atom is 0.268 e. The van der Waals surface area contributed by atoms with Crippen LogP contribution in [0, 0.1) is 17.6 Å². The van der Waals surface area contributed by atoms with E-state index >= 15 is 0 Å². The summed E-state index contributed by atoms with van der Waals surface area (Å²) in [6, 6.07) is 7.44. The van der Waals surface area contributed by atoms with E-state index in [0.29, 0.717) is 29.8 Å². The van der Waals surface area contributed by atoms with E-state index in [1.807, 2.05) is 0 Å². The van der Waals surface area contributed by atoms with Crippen molar-refractivity contribution in [2.45, 2.75) is 37.6 Å². The minimum absolute atomic E-state index is 0.0215. The molecule has 2 aromatic carbocycles. The predicted octanol–water partition coefficient (Wildman–Crippen LogP) is 3.25. The number of nitrogens with one attached hydrogen (secondary N) is 3. The summed E-state index contributed by atoms with van der Waals surface area (Å²) in [5.74, 6) is -3.79. The van der Waals surface area contributed by atoms with Crippen molar-refractivity contribution >= 4 is 40.7 Å². The van der Waals surface area contributed by atoms with Crippen LogP contribution in [0.5, 0.6) is 0 Å². The normalized spacial score (nSPS) is 19.7. The molecule has 1 aliphatic carbocycles. The number of aliphatic imine (C=N–C) groups is 1. The zero-order valence-electron chi connectivity index (χ0n) is 19.4. The van der Waals surface area contributed by atoms with E-state index in [9.17, 15) is 23.2 Å². The highest BCUT2D eigenvalue weighted by Gasteiger charge is 2.49. The molecule has 5 N–H and O–H groups in total. The topological polar surface area (TPSA) is 126 Å². The molecule has 1 aliphatic heterocycles. The van der Waals surface area contributed by atoms with Crippen molar-refractivity contribution in [2.75, 3.05) is 18.5 Å². The number of hydrogen-bond donors (Lipinski definition) is 4. The lowest BCUT2D eigenvalue weighted by atomic mass is 9.84. The van der Waals surface area contributed by atoms with Gasteiger partial charge in [-0.3, -0.25) is 24.7 Å². The van der Waals surface area contributed by atoms with Gasteiger partial charge in [0.15, 0.2) is 17.2 Å². The smallest absolute Gasteiger partial charge is 0.268 e. The summed E-state index contributed by atoms with van der Waals surface area (Å²) >= 11 is 5.87. The van der Waals surface area contributed by atoms with Crippen LogP contribution in [0.2, 0.25) is 5.02 Å². The minimum Gasteiger partial charge on any atom is -0.367 e. The van der Waals surface area contributed by atoms with Crippen LogP contribution in [0.3, 0.4) is 0 Å². The number of anilines is 1. The van der Waals surface area contributed by atoms with Crippen molar-refractivity contribution in [3.05, 3.63) is 64.2 Å². The van der Waals surface area contributed by atoms with Gasteiger partial charge in [0.1, 0.15) is 5.71 Å². The third-order valence-corrected chi connectivity index (χ3v) is 6.98. The van der Waals surface area contributed by atoms with E-state index < -0.39 is 34.9 Å². The number of halogens is 3. The molecule has 8 nitrogen and oxygen atoms in total. The summed E-state index contributed by atoms with van der Waals surface area (Å²) in [6.07, 6.45) is 5.62. The third kappa shape index (κ3) is 5.10. The van der Waals surface area contributed by atoms with Gasteiger partial charge >= 0.3 is 0 Å². The number of nitrogens with zero attached hydrogens (tertiary/aromatic N) is 1. The summed E-state index contributed by atoms with van der Waals surface area (Å²) in [7, 11) is 0. The highest BCUT2D eigenvalue weighted by molar-refractivity contribution is 6.47. The van der Waals surface area contributed by atoms with Gasteiger partial charge in [0.05, 0.1) is 17.3 Å². The van der Waals surface area contributed by atoms with E-state index in [2.05, 4.69) is 20.9 Å². The quantitative estimate of drug-likeness (QED) is 0.401. The maximum absolute atomic E-state index is 13.6. The monoisotopic (exact) mass is 517 g/mol. The Balaban J connectivity index is 1.48. The van der Waals surface area contributed by atoms with Gasteiger partial charge in [0, 0.05) is 12.2 Å². The number of carbonyl (C=O) groups excluding carboxylic acids is 3. The summed E-state index contributed by atoms with van der Waals surface area (Å²) in [5, 5.41) is 8.08. The van der Waals surface area contributed by atoms with Crippen LogP contribution in [0.15, 0.2) is 41.4 Å². The van der Waals surface area contributed by atoms with Gasteiger partial charge in [-0.1, -0.05) is 49.4 Å². The fourth-order valence-corrected chi connectivity index (χ4v) is 4.97. The molecule has 190 valence electrons. The molecule has 1 fully saturated rings. The van der Waals surface area contributed by atoms with E-state index in [-0.39, 0.29) is 23.0 Å². The Labute approximate surface area is 211 Å². The van der Waals surface area contributed by atoms with E-state index in [1.165, 1.54) is 37.1 Å². The van der Waals surface area contributed by atoms with Gasteiger partial charge < -0.3 is 16.4 Å². The second kappa shape index (κ2) is 10.7. The molecule has 11 heteroatoms. The number of benzene rings is 2. The number of nitrogens with two attached hydrogens (primary N) is 1. The Morgan fingerprint density at radius 3 is 2.42 bits per heavy atom. The van der Waals surface area contributed by atoms with Gasteiger partial charge in [-0.05, 0) is 42.2 Å². The summed E-state index contributed by atoms with van der Waals surface area (Å²) < 4.78 is 26.8. The molecule has 4 rings (SSSR count). The highest BCUT2D eigenvalue weighted by atomic mass is 35.5. The number of carbonyl (C=O) groups is 3. The maximum atomic E-state index is 13.6. The molecule has 0 saturated heterocycles. The molecule has 0 aromatic heterocycles. The Morgan fingerprint density at radius 1 is 1.08 bits per heavy atom. The van der Waals surface area contributed by atoms with Crippen LogP contribution in [-0.4, -0.2) is 36.6 Å². The van der Waals surface area contributed by atoms with Crippen molar-refractivity contribution in [1.82, 2.24) is 10.6 Å². The first-order valence-corrected chi connectivity index (χ1v) is 12.0. The number of amides is 3. The van der Waals surface area contributed by atoms with Gasteiger partial charge in [0.2, 0.25) is 5.91 Å². The SMILES string of the molecule is NC(=O)C1(c2ccc(NC(=O)c3cc(F)c(F)cc3Cl)cc2)NCN=C1C(=O)NCCC1CCCC1. The standard InChI is InChI=1S/C25H26ClF2N5O3/c26-18-12-20(28)19(27)11-17(18)22(34)33-16-7-5-15(6-8-16)25(24(29)36)21(31-13-32-25)23(35)30-10-9-14-3-1-2-4-14/h5-8,11-12,14,32H,1-4,9-10,13H2,(H2,29,36)(H,30,35)(H,33,34). The van der Waals surface area contributed by atoms with Gasteiger partial charge in [-0.15, -0.1) is 0 Å². The molecular weight excluding hydrogens is 492 g/mol. The molecule has 1 atom stereocenters. The lowest BCUT2D eigenvalue weighted by Gasteiger charge is -2.28. The average molecular weight is 518 g/mol. The number of primary amides is 1. The van der Waals surface area contributed by atoms with Crippen molar-refractivity contribution in [3.8, 4) is 0 Å². The van der Waals surface area contributed by atoms with Crippen LogP contribution in [-0.2, 0) is 15.1 Å². The van der Waals surface area contributed by atoms with E-state index in [0.717, 1.165) is 25.3 Å². The van der Waals surface area contributed by atoms with Crippen LogP contribution < -0.4 is 21.7 Å². The number of hydrogen-bond acceptors (Lipinski definition) is 5. The lowest BCUT2D eigenvalue weighted by molar-refractivity contribution is -0.123. The molecule has 0 bridgehead atoms. The Morgan fingerprint density at radius 2 is 1.75 bits per heavy atom. The van der Waals surface area contributed by atoms with Crippen molar-refractivity contribution in [3.63, 3.8) is 0 Å². The summed E-state index contributed by atoms with van der Waals surface area (Å²) in [5.41, 5.74) is 4.50. The number of rotatable bonds is 8. The van der Waals surface area contributed by atoms with E-state index in [1.54, 1.807) is 0 Å². The average Bonchev–Trinajstić information content (AvgIpc) is 3.52. The largest absolute Gasteiger partial charge is 0.367 e. The van der Waals surface area contributed by atoms with Crippen molar-refractivity contribution < 1.29 is 23.2 Å². The molecule has 0 radical (unpaired) electrons. The van der Waals surface area contributed by atoms with Crippen LogP contribution >= 0.6 is 11.6 Å². The minimum atomic E-state index is -1.64. The van der Waals surface area contributed by atoms with Crippen molar-refractivity contribution in [2.24, 2.45) is 16.6 Å². The fraction of sp³-hybridized carbons (Fsp3) is 0.360. The van der Waals surface area contributed by atoms with Crippen LogP contribution in [0.25, 0.3) is 0 Å². The van der Waals surface area contributed by atoms with Crippen LogP contribution in [0.1, 0.15) is 48.0 Å². The zero-order chi connectivity index (χ0) is 25.9. The first-order valence-electron chi connectivity index (χ1n) is 11.7. The molecule has 1 heterocycles. The van der Waals surface area contributed by atoms with Gasteiger partial charge in [-0.2, -0.15) is 0 Å². The Hall–Kier alpha value is -3.37. The Bertz CT molecular complexity index is 1210. The molecule has 3 amide bonds. The first kappa shape index (κ1) is 25.7. The molecule has 2 aromatic rings. The summed E-state index contributed by atoms with van der Waals surface area (Å²) in [4.78, 5) is 42.3. The molecular formula is C25H26ClF2N5O3. The molecule has 1 saturated carbocycles. The lowest BCUT2D eigenvalue weighted by Crippen LogP contribution is -2.58. The van der Waals surface area contributed by atoms with Crippen LogP contribution in [0.4, 0.5) is 14.5 Å². The molecule has 2 aliphatic rings. The Kier molecular flexibility index (Phi) is 7.65. The van der Waals surface area contributed by atoms with Gasteiger partial charge in [0.25, 0.3) is 11.8 Å². The van der Waals surface area contributed by atoms with Crippen molar-refractivity contribution in [1.29, 1.82) is 0 Å². The molecule has 0 spiro atoms.